The molecule has 1 amide bonds. The average Bonchev–Trinajstić information content (AvgIpc) is 2.66. The molecule has 1 heterocycles. The molecule has 0 bridgehead atoms. The first-order chi connectivity index (χ1) is 12.5. The van der Waals surface area contributed by atoms with E-state index in [-0.39, 0.29) is 29.9 Å². The Labute approximate surface area is 181 Å². The Morgan fingerprint density at radius 1 is 1.22 bits per heavy atom. The van der Waals surface area contributed by atoms with Gasteiger partial charge in [0.15, 0.2) is 5.96 Å². The van der Waals surface area contributed by atoms with Gasteiger partial charge in [0.25, 0.3) is 0 Å². The third-order valence-electron chi connectivity index (χ3n) is 5.39. The van der Waals surface area contributed by atoms with Gasteiger partial charge in [-0.2, -0.15) is 0 Å². The van der Waals surface area contributed by atoms with E-state index >= 15 is 0 Å². The molecule has 1 unspecified atom stereocenters. The van der Waals surface area contributed by atoms with Gasteiger partial charge in [0.2, 0.25) is 5.91 Å². The van der Waals surface area contributed by atoms with E-state index in [9.17, 15) is 4.79 Å². The number of carbonyl (C=O) groups is 1. The smallest absolute Gasteiger partial charge is 0.220 e. The molecule has 1 aliphatic rings. The molecule has 1 aliphatic heterocycles. The highest BCUT2D eigenvalue weighted by molar-refractivity contribution is 14.0. The maximum absolute atomic E-state index is 11.6. The summed E-state index contributed by atoms with van der Waals surface area (Å²) in [5.74, 6) is 2.62. The largest absolute Gasteiger partial charge is 0.359 e. The van der Waals surface area contributed by atoms with Crippen LogP contribution in [0.4, 0.5) is 0 Å². The van der Waals surface area contributed by atoms with Gasteiger partial charge in [-0.05, 0) is 30.2 Å². The Hall–Kier alpha value is -1.31. The van der Waals surface area contributed by atoms with Crippen LogP contribution < -0.4 is 10.6 Å². The van der Waals surface area contributed by atoms with Crippen molar-refractivity contribution in [2.75, 3.05) is 33.7 Å². The number of likely N-dealkylation sites (tertiary alicyclic amines) is 1. The molecule has 0 aliphatic carbocycles. The van der Waals surface area contributed by atoms with Gasteiger partial charge in [-0.15, -0.1) is 24.0 Å². The van der Waals surface area contributed by atoms with Crippen molar-refractivity contribution in [3.63, 3.8) is 0 Å². The van der Waals surface area contributed by atoms with Crippen molar-refractivity contribution < 1.29 is 4.79 Å². The van der Waals surface area contributed by atoms with Gasteiger partial charge in [0.05, 0.1) is 0 Å². The normalized spacial score (nSPS) is 16.6. The molecule has 2 N–H and O–H groups in total. The molecule has 2 rings (SSSR count). The zero-order valence-corrected chi connectivity index (χ0v) is 19.4. The summed E-state index contributed by atoms with van der Waals surface area (Å²) in [5, 5.41) is 6.31. The quantitative estimate of drug-likeness (QED) is 0.368. The molecule has 27 heavy (non-hydrogen) atoms. The van der Waals surface area contributed by atoms with Crippen LogP contribution in [0, 0.1) is 11.8 Å². The molecular formula is C21H35IN4O. The van der Waals surface area contributed by atoms with E-state index in [1.54, 1.807) is 7.05 Å². The summed E-state index contributed by atoms with van der Waals surface area (Å²) < 4.78 is 0. The molecule has 5 nitrogen and oxygen atoms in total. The maximum atomic E-state index is 11.6. The fourth-order valence-electron chi connectivity index (χ4n) is 3.69. The Morgan fingerprint density at radius 3 is 2.37 bits per heavy atom. The van der Waals surface area contributed by atoms with Crippen LogP contribution in [0.1, 0.15) is 44.6 Å². The third kappa shape index (κ3) is 7.31. The van der Waals surface area contributed by atoms with E-state index in [1.165, 1.54) is 5.56 Å². The van der Waals surface area contributed by atoms with E-state index in [4.69, 9.17) is 0 Å². The zero-order chi connectivity index (χ0) is 18.9. The minimum absolute atomic E-state index is 0. The number of aliphatic imine (C=N–C) groups is 1. The van der Waals surface area contributed by atoms with Crippen LogP contribution in [0.2, 0.25) is 0 Å². The fourth-order valence-corrected chi connectivity index (χ4v) is 3.69. The zero-order valence-electron chi connectivity index (χ0n) is 17.1. The SMILES string of the molecule is CN=C(NCC(c1ccccc1)C(C)C)N1CCC(CC(=O)NC)CC1.I. The van der Waals surface area contributed by atoms with Crippen LogP contribution in [-0.2, 0) is 4.79 Å². The summed E-state index contributed by atoms with van der Waals surface area (Å²) in [6, 6.07) is 10.7. The molecule has 1 aromatic carbocycles. The van der Waals surface area contributed by atoms with Crippen LogP contribution in [0.25, 0.3) is 0 Å². The Bertz CT molecular complexity index is 583. The van der Waals surface area contributed by atoms with Crippen LogP contribution in [0.3, 0.4) is 0 Å². The molecule has 1 aromatic rings. The van der Waals surface area contributed by atoms with E-state index in [0.29, 0.717) is 24.2 Å². The first kappa shape index (κ1) is 23.7. The number of hydrogen-bond acceptors (Lipinski definition) is 2. The standard InChI is InChI=1S/C21H34N4O.HI/c1-16(2)19(18-8-6-5-7-9-18)15-24-21(23-4)25-12-10-17(11-13-25)14-20(26)22-3;/h5-9,16-17,19H,10-15H2,1-4H3,(H,22,26)(H,23,24);1H. The third-order valence-corrected chi connectivity index (χ3v) is 5.39. The number of amides is 1. The van der Waals surface area contributed by atoms with Crippen molar-refractivity contribution in [1.82, 2.24) is 15.5 Å². The Balaban J connectivity index is 0.00000364. The molecule has 152 valence electrons. The van der Waals surface area contributed by atoms with Crippen molar-refractivity contribution in [2.45, 2.75) is 39.0 Å². The number of halogens is 1. The highest BCUT2D eigenvalue weighted by Gasteiger charge is 2.24. The summed E-state index contributed by atoms with van der Waals surface area (Å²) in [5.41, 5.74) is 1.37. The van der Waals surface area contributed by atoms with E-state index in [2.05, 4.69) is 64.7 Å². The van der Waals surface area contributed by atoms with Gasteiger partial charge in [0.1, 0.15) is 0 Å². The van der Waals surface area contributed by atoms with Gasteiger partial charge in [-0.25, -0.2) is 0 Å². The number of nitrogens with one attached hydrogen (secondary N) is 2. The van der Waals surface area contributed by atoms with Crippen LogP contribution in [-0.4, -0.2) is 50.5 Å². The molecular weight excluding hydrogens is 451 g/mol. The van der Waals surface area contributed by atoms with Crippen molar-refractivity contribution in [3.8, 4) is 0 Å². The van der Waals surface area contributed by atoms with Crippen molar-refractivity contribution in [3.05, 3.63) is 35.9 Å². The van der Waals surface area contributed by atoms with Crippen molar-refractivity contribution >= 4 is 35.8 Å². The molecule has 1 fully saturated rings. The molecule has 0 saturated carbocycles. The topological polar surface area (TPSA) is 56.7 Å². The second-order valence-electron chi connectivity index (χ2n) is 7.50. The highest BCUT2D eigenvalue weighted by Crippen LogP contribution is 2.24. The van der Waals surface area contributed by atoms with Gasteiger partial charge in [-0.1, -0.05) is 44.2 Å². The summed E-state index contributed by atoms with van der Waals surface area (Å²) in [4.78, 5) is 18.4. The summed E-state index contributed by atoms with van der Waals surface area (Å²) in [6.07, 6.45) is 2.72. The minimum atomic E-state index is 0. The Morgan fingerprint density at radius 2 is 1.85 bits per heavy atom. The number of guanidine groups is 1. The van der Waals surface area contributed by atoms with Crippen molar-refractivity contribution in [1.29, 1.82) is 0 Å². The lowest BCUT2D eigenvalue weighted by Gasteiger charge is -2.35. The van der Waals surface area contributed by atoms with E-state index < -0.39 is 0 Å². The number of carbonyl (C=O) groups excluding carboxylic acids is 1. The number of piperidine rings is 1. The molecule has 1 atom stereocenters. The van der Waals surface area contributed by atoms with Gasteiger partial charge in [-0.3, -0.25) is 9.79 Å². The number of nitrogens with zero attached hydrogens (tertiary/aromatic N) is 2. The summed E-state index contributed by atoms with van der Waals surface area (Å²) in [7, 11) is 3.56. The number of rotatable bonds is 6. The van der Waals surface area contributed by atoms with Gasteiger partial charge in [0, 0.05) is 46.1 Å². The van der Waals surface area contributed by atoms with Crippen molar-refractivity contribution in [2.24, 2.45) is 16.8 Å². The van der Waals surface area contributed by atoms with Crippen LogP contribution >= 0.6 is 24.0 Å². The predicted molar refractivity (Wildman–Crippen MR) is 124 cm³/mol. The lowest BCUT2D eigenvalue weighted by molar-refractivity contribution is -0.121. The lowest BCUT2D eigenvalue weighted by Crippen LogP contribution is -2.47. The number of benzene rings is 1. The second-order valence-corrected chi connectivity index (χ2v) is 7.50. The second kappa shape index (κ2) is 12.2. The number of hydrogen-bond donors (Lipinski definition) is 2. The first-order valence-corrected chi connectivity index (χ1v) is 9.76. The molecule has 1 saturated heterocycles. The minimum Gasteiger partial charge on any atom is -0.359 e. The van der Waals surface area contributed by atoms with Crippen LogP contribution in [0.5, 0.6) is 0 Å². The van der Waals surface area contributed by atoms with Crippen LogP contribution in [0.15, 0.2) is 35.3 Å². The lowest BCUT2D eigenvalue weighted by atomic mass is 9.88. The van der Waals surface area contributed by atoms with Gasteiger partial charge < -0.3 is 15.5 Å². The molecule has 0 aromatic heterocycles. The molecule has 0 spiro atoms. The van der Waals surface area contributed by atoms with Gasteiger partial charge >= 0.3 is 0 Å². The monoisotopic (exact) mass is 486 g/mol. The summed E-state index contributed by atoms with van der Waals surface area (Å²) in [6.45, 7) is 7.34. The first-order valence-electron chi connectivity index (χ1n) is 9.76. The summed E-state index contributed by atoms with van der Waals surface area (Å²) >= 11 is 0. The molecule has 6 heteroatoms. The Kier molecular flexibility index (Phi) is 10.7. The fraction of sp³-hybridized carbons (Fsp3) is 0.619. The van der Waals surface area contributed by atoms with E-state index in [1.807, 2.05) is 7.05 Å². The molecule has 0 radical (unpaired) electrons. The average molecular weight is 486 g/mol. The highest BCUT2D eigenvalue weighted by atomic mass is 127. The predicted octanol–water partition coefficient (Wildman–Crippen LogP) is 3.47. The van der Waals surface area contributed by atoms with E-state index in [0.717, 1.165) is 38.4 Å². The maximum Gasteiger partial charge on any atom is 0.220 e.